The molecule has 0 aromatic heterocycles. The van der Waals surface area contributed by atoms with Gasteiger partial charge >= 0.3 is 0 Å². The minimum Gasteiger partial charge on any atom is -0.494 e. The van der Waals surface area contributed by atoms with Gasteiger partial charge in [0.15, 0.2) is 11.5 Å². The number of hydrogen-bond donors (Lipinski definition) is 1. The van der Waals surface area contributed by atoms with Crippen LogP contribution in [-0.2, 0) is 9.59 Å². The van der Waals surface area contributed by atoms with E-state index in [1.54, 1.807) is 42.5 Å². The number of hydrogen-bond acceptors (Lipinski definition) is 6. The van der Waals surface area contributed by atoms with Crippen LogP contribution in [0.4, 0.5) is 5.69 Å². The van der Waals surface area contributed by atoms with Crippen LogP contribution < -0.4 is 19.5 Å². The summed E-state index contributed by atoms with van der Waals surface area (Å²) in [5.74, 6) is 1.08. The first-order valence-corrected chi connectivity index (χ1v) is 10.6. The Morgan fingerprint density at radius 2 is 1.53 bits per heavy atom. The molecule has 168 valence electrons. The molecular formula is C25H28N2O5. The minimum atomic E-state index is -0.411. The van der Waals surface area contributed by atoms with Crippen molar-refractivity contribution in [1.29, 1.82) is 0 Å². The zero-order chi connectivity index (χ0) is 23.1. The number of carbonyl (C=O) groups is 2. The lowest BCUT2D eigenvalue weighted by Gasteiger charge is -2.15. The lowest BCUT2D eigenvalue weighted by molar-refractivity contribution is -0.136. The fourth-order valence-electron chi connectivity index (χ4n) is 3.41. The van der Waals surface area contributed by atoms with Crippen LogP contribution in [0.15, 0.2) is 60.8 Å². The normalized spacial score (nSPS) is 13.4. The Labute approximate surface area is 188 Å². The van der Waals surface area contributed by atoms with E-state index in [4.69, 9.17) is 14.2 Å². The second-order valence-corrected chi connectivity index (χ2v) is 6.87. The summed E-state index contributed by atoms with van der Waals surface area (Å²) in [4.78, 5) is 27.4. The van der Waals surface area contributed by atoms with Gasteiger partial charge in [0, 0.05) is 18.3 Å². The number of imide groups is 1. The Bertz CT molecular complexity index is 1030. The van der Waals surface area contributed by atoms with Gasteiger partial charge in [0.05, 0.1) is 25.4 Å². The zero-order valence-electron chi connectivity index (χ0n) is 18.6. The number of rotatable bonds is 11. The molecule has 7 heteroatoms. The van der Waals surface area contributed by atoms with Gasteiger partial charge in [0.1, 0.15) is 11.4 Å². The molecule has 1 aliphatic heterocycles. The van der Waals surface area contributed by atoms with Crippen LogP contribution in [0.25, 0.3) is 5.57 Å². The number of nitrogens with zero attached hydrogens (tertiary/aromatic N) is 1. The summed E-state index contributed by atoms with van der Waals surface area (Å²) in [6.45, 7) is 11.0. The Kier molecular flexibility index (Phi) is 7.54. The number of ether oxygens (including phenoxy) is 3. The van der Waals surface area contributed by atoms with Gasteiger partial charge in [0.2, 0.25) is 0 Å². The van der Waals surface area contributed by atoms with Crippen molar-refractivity contribution < 1.29 is 23.8 Å². The smallest absolute Gasteiger partial charge is 0.278 e. The van der Waals surface area contributed by atoms with Crippen LogP contribution in [-0.4, -0.2) is 43.1 Å². The summed E-state index contributed by atoms with van der Waals surface area (Å²) in [5, 5.41) is 3.13. The zero-order valence-corrected chi connectivity index (χ0v) is 18.6. The topological polar surface area (TPSA) is 77.1 Å². The molecule has 3 rings (SSSR count). The van der Waals surface area contributed by atoms with Crippen molar-refractivity contribution in [3.63, 3.8) is 0 Å². The number of nitrogens with one attached hydrogen (secondary N) is 1. The average molecular weight is 437 g/mol. The summed E-state index contributed by atoms with van der Waals surface area (Å²) in [6.07, 6.45) is 1.53. The Balaban J connectivity index is 2.02. The van der Waals surface area contributed by atoms with Gasteiger partial charge in [-0.25, -0.2) is 0 Å². The molecule has 0 fully saturated rings. The van der Waals surface area contributed by atoms with Crippen molar-refractivity contribution in [2.24, 2.45) is 0 Å². The molecule has 1 N–H and O–H groups in total. The van der Waals surface area contributed by atoms with E-state index in [-0.39, 0.29) is 18.1 Å². The Morgan fingerprint density at radius 1 is 0.875 bits per heavy atom. The first-order valence-electron chi connectivity index (χ1n) is 10.6. The quantitative estimate of drug-likeness (QED) is 0.419. The van der Waals surface area contributed by atoms with Crippen LogP contribution in [0.3, 0.4) is 0 Å². The summed E-state index contributed by atoms with van der Waals surface area (Å²) in [5.41, 5.74) is 1.73. The van der Waals surface area contributed by atoms with Crippen molar-refractivity contribution >= 4 is 23.1 Å². The summed E-state index contributed by atoms with van der Waals surface area (Å²) in [7, 11) is 0. The maximum atomic E-state index is 13.1. The van der Waals surface area contributed by atoms with Gasteiger partial charge in [-0.15, -0.1) is 6.58 Å². The number of benzene rings is 2. The van der Waals surface area contributed by atoms with Crippen LogP contribution in [0.2, 0.25) is 0 Å². The third kappa shape index (κ3) is 4.77. The second kappa shape index (κ2) is 10.5. The first-order chi connectivity index (χ1) is 15.5. The van der Waals surface area contributed by atoms with E-state index in [1.807, 2.05) is 20.8 Å². The molecule has 0 unspecified atom stereocenters. The van der Waals surface area contributed by atoms with E-state index in [9.17, 15) is 9.59 Å². The summed E-state index contributed by atoms with van der Waals surface area (Å²) >= 11 is 0. The minimum absolute atomic E-state index is 0.122. The third-order valence-electron chi connectivity index (χ3n) is 4.75. The molecule has 0 spiro atoms. The molecule has 2 aromatic carbocycles. The number of anilines is 1. The molecule has 0 bridgehead atoms. The highest BCUT2D eigenvalue weighted by Crippen LogP contribution is 2.35. The van der Waals surface area contributed by atoms with E-state index >= 15 is 0 Å². The fourth-order valence-corrected chi connectivity index (χ4v) is 3.41. The predicted molar refractivity (Wildman–Crippen MR) is 124 cm³/mol. The molecular weight excluding hydrogens is 408 g/mol. The Hall–Kier alpha value is -3.74. The molecule has 32 heavy (non-hydrogen) atoms. The number of amides is 2. The van der Waals surface area contributed by atoms with Crippen LogP contribution in [0.5, 0.6) is 17.2 Å². The monoisotopic (exact) mass is 436 g/mol. The summed E-state index contributed by atoms with van der Waals surface area (Å²) < 4.78 is 16.8. The first kappa shape index (κ1) is 22.9. The van der Waals surface area contributed by atoms with Gasteiger partial charge < -0.3 is 19.5 Å². The van der Waals surface area contributed by atoms with Crippen molar-refractivity contribution in [3.05, 3.63) is 66.4 Å². The predicted octanol–water partition coefficient (Wildman–Crippen LogP) is 4.26. The highest BCUT2D eigenvalue weighted by molar-refractivity contribution is 6.36. The molecule has 2 aromatic rings. The van der Waals surface area contributed by atoms with Gasteiger partial charge in [-0.05, 0) is 50.6 Å². The van der Waals surface area contributed by atoms with Crippen LogP contribution in [0.1, 0.15) is 26.3 Å². The standard InChI is InChI=1S/C25H28N2O5/c1-5-15-27-24(28)22(17-9-12-19(13-10-17)30-6-2)23(25(27)29)26-18-11-14-20(31-7-3)21(16-18)32-8-4/h5,9-14,16,26H,1,6-8,15H2,2-4H3. The maximum absolute atomic E-state index is 13.1. The van der Waals surface area contributed by atoms with E-state index in [0.717, 1.165) is 0 Å². The van der Waals surface area contributed by atoms with Crippen LogP contribution in [0, 0.1) is 0 Å². The van der Waals surface area contributed by atoms with Crippen LogP contribution >= 0.6 is 0 Å². The van der Waals surface area contributed by atoms with E-state index in [0.29, 0.717) is 53.9 Å². The molecule has 0 aliphatic carbocycles. The molecule has 2 amide bonds. The molecule has 7 nitrogen and oxygen atoms in total. The highest BCUT2D eigenvalue weighted by Gasteiger charge is 2.38. The molecule has 0 saturated carbocycles. The summed E-state index contributed by atoms with van der Waals surface area (Å²) in [6, 6.07) is 12.4. The lowest BCUT2D eigenvalue weighted by Crippen LogP contribution is -2.32. The molecule has 0 atom stereocenters. The second-order valence-electron chi connectivity index (χ2n) is 6.87. The molecule has 1 aliphatic rings. The fraction of sp³-hybridized carbons (Fsp3) is 0.280. The Morgan fingerprint density at radius 3 is 2.16 bits per heavy atom. The SMILES string of the molecule is C=CCN1C(=O)C(Nc2ccc(OCC)c(OCC)c2)=C(c2ccc(OCC)cc2)C1=O. The highest BCUT2D eigenvalue weighted by atomic mass is 16.5. The van der Waals surface area contributed by atoms with E-state index in [2.05, 4.69) is 11.9 Å². The van der Waals surface area contributed by atoms with Crippen molar-refractivity contribution in [3.8, 4) is 17.2 Å². The van der Waals surface area contributed by atoms with E-state index in [1.165, 1.54) is 11.0 Å². The van der Waals surface area contributed by atoms with Gasteiger partial charge in [-0.3, -0.25) is 14.5 Å². The average Bonchev–Trinajstić information content (AvgIpc) is 3.01. The van der Waals surface area contributed by atoms with E-state index < -0.39 is 5.91 Å². The van der Waals surface area contributed by atoms with Gasteiger partial charge in [-0.2, -0.15) is 0 Å². The van der Waals surface area contributed by atoms with Gasteiger partial charge in [-0.1, -0.05) is 18.2 Å². The molecule has 0 radical (unpaired) electrons. The van der Waals surface area contributed by atoms with Crippen molar-refractivity contribution in [2.45, 2.75) is 20.8 Å². The maximum Gasteiger partial charge on any atom is 0.278 e. The van der Waals surface area contributed by atoms with Crippen molar-refractivity contribution in [1.82, 2.24) is 4.90 Å². The molecule has 0 saturated heterocycles. The lowest BCUT2D eigenvalue weighted by atomic mass is 10.0. The largest absolute Gasteiger partial charge is 0.494 e. The van der Waals surface area contributed by atoms with Gasteiger partial charge in [0.25, 0.3) is 11.8 Å². The number of carbonyl (C=O) groups excluding carboxylic acids is 2. The third-order valence-corrected chi connectivity index (χ3v) is 4.75. The molecule has 1 heterocycles. The van der Waals surface area contributed by atoms with Crippen molar-refractivity contribution in [2.75, 3.05) is 31.7 Å².